The summed E-state index contributed by atoms with van der Waals surface area (Å²) in [5.74, 6) is 0.0106. The molecule has 13 rings (SSSR count). The minimum atomic E-state index is 0.00531. The molecule has 4 nitrogen and oxygen atoms in total. The van der Waals surface area contributed by atoms with Gasteiger partial charge in [-0.25, -0.2) is 0 Å². The molecule has 1 aromatic carbocycles. The molecule has 2 saturated heterocycles. The van der Waals surface area contributed by atoms with Gasteiger partial charge in [0, 0.05) is 91.1 Å². The first-order chi connectivity index (χ1) is 33.1. The van der Waals surface area contributed by atoms with Gasteiger partial charge in [0.2, 0.25) is 0 Å². The highest BCUT2D eigenvalue weighted by molar-refractivity contribution is 8.27. The molecule has 330 valence electrons. The van der Waals surface area contributed by atoms with Crippen molar-refractivity contribution < 1.29 is 9.59 Å². The van der Waals surface area contributed by atoms with Gasteiger partial charge in [-0.3, -0.25) is 19.4 Å². The van der Waals surface area contributed by atoms with Gasteiger partial charge in [-0.2, -0.15) is 0 Å². The summed E-state index contributed by atoms with van der Waals surface area (Å²) in [4.78, 5) is 50.7. The fraction of sp³-hybridized carbons (Fsp3) is 0.0800. The third kappa shape index (κ3) is 7.78. The number of thiophene rings is 8. The van der Waals surface area contributed by atoms with Gasteiger partial charge in [0.15, 0.2) is 0 Å². The summed E-state index contributed by atoms with van der Waals surface area (Å²) < 4.78 is 1.27. The van der Waals surface area contributed by atoms with E-state index in [0.29, 0.717) is 50.6 Å². The lowest BCUT2D eigenvalue weighted by Crippen LogP contribution is -2.27. The van der Waals surface area contributed by atoms with E-state index in [2.05, 4.69) is 97.1 Å². The Bertz CT molecular complexity index is 3450. The van der Waals surface area contributed by atoms with Crippen molar-refractivity contribution in [1.29, 1.82) is 0 Å². The van der Waals surface area contributed by atoms with Gasteiger partial charge < -0.3 is 0 Å². The van der Waals surface area contributed by atoms with Crippen molar-refractivity contribution in [2.75, 3.05) is 13.1 Å². The number of thioether (sulfide) groups is 2. The molecule has 0 N–H and O–H groups in total. The minimum Gasteiger partial charge on any atom is -0.293 e. The Labute approximate surface area is 448 Å². The number of nitrogens with zero attached hydrogens (tertiary/aromatic N) is 2. The standard InChI is InChI=1S/C50H28N2O2S12Si2/c1-3-51-47(53)39(65-49(51)55)17-23-5-7-27(57-23)29-9-11-31(59-29)33-13-15-35(61-33)37-21-43-45(63-37)25-19-42-26(20-41(25)67-43)46-44(68-42)22-38(64-46)36-16-14-34(62-36)32-12-10-30(60-32)28-8-6-24(58-28)18-40-48(54)52(4-2)50(56)66-40/h5-22H,3-4H2,1-2H3/b39-17-,40-18-. The average Bonchev–Trinajstić information content (AvgIpc) is 4.14. The van der Waals surface area contributed by atoms with Crippen LogP contribution in [0.4, 0.5) is 0 Å². The molecule has 2 amide bonds. The van der Waals surface area contributed by atoms with E-state index in [0.717, 1.165) is 9.75 Å². The first kappa shape index (κ1) is 44.5. The molecule has 0 spiro atoms. The molecule has 68 heavy (non-hydrogen) atoms. The van der Waals surface area contributed by atoms with Gasteiger partial charge in [-0.15, -0.1) is 90.7 Å². The van der Waals surface area contributed by atoms with Crippen molar-refractivity contribution >= 4 is 211 Å². The van der Waals surface area contributed by atoms with Crippen molar-refractivity contribution in [1.82, 2.24) is 9.80 Å². The molecule has 0 aliphatic carbocycles. The summed E-state index contributed by atoms with van der Waals surface area (Å²) in [7, 11) is 1.35. The van der Waals surface area contributed by atoms with Gasteiger partial charge in [-0.05, 0) is 143 Å². The molecule has 8 aromatic heterocycles. The fourth-order valence-electron chi connectivity index (χ4n) is 8.42. The molecule has 4 aliphatic heterocycles. The van der Waals surface area contributed by atoms with E-state index in [4.69, 9.17) is 24.4 Å². The Kier molecular flexibility index (Phi) is 11.6. The zero-order chi connectivity index (χ0) is 45.9. The smallest absolute Gasteiger partial charge is 0.266 e. The largest absolute Gasteiger partial charge is 0.293 e. The first-order valence-electron chi connectivity index (χ1n) is 21.3. The van der Waals surface area contributed by atoms with Crippen molar-refractivity contribution in [3.8, 4) is 79.4 Å². The van der Waals surface area contributed by atoms with Crippen LogP contribution in [0.5, 0.6) is 0 Å². The summed E-state index contributed by atoms with van der Waals surface area (Å²) >= 11 is 28.4. The normalized spacial score (nSPS) is 16.4. The Balaban J connectivity index is 0.683. The number of carbonyl (C=O) groups is 2. The molecule has 0 bridgehead atoms. The van der Waals surface area contributed by atoms with E-state index >= 15 is 0 Å². The lowest BCUT2D eigenvalue weighted by atomic mass is 10.1. The van der Waals surface area contributed by atoms with Gasteiger partial charge in [0.05, 0.1) is 9.81 Å². The molecule has 4 aliphatic rings. The van der Waals surface area contributed by atoms with E-state index in [1.807, 2.05) is 94.0 Å². The summed E-state index contributed by atoms with van der Waals surface area (Å²) in [6.07, 6.45) is 3.96. The van der Waals surface area contributed by atoms with Crippen LogP contribution in [0.25, 0.3) is 91.6 Å². The summed E-state index contributed by atoms with van der Waals surface area (Å²) in [5, 5.41) is 5.92. The quantitative estimate of drug-likeness (QED) is 0.0772. The number of hydrogen-bond acceptors (Lipinski definition) is 14. The molecule has 2 fully saturated rings. The van der Waals surface area contributed by atoms with E-state index in [-0.39, 0.29) is 11.8 Å². The maximum absolute atomic E-state index is 12.8. The SMILES string of the molecule is CCN1C(=O)/C(=C/c2ccc(-c3ccc(-c4ccc(-c5cc6c(s5)-c5cc7c(cc5[Si]6)-c5sc(-c6ccc(-c8ccc(-c9ccc(/C=C%10\SC(=S)N(CC)C%10=O)s9)s8)s6)cc5[Si]7)s4)s3)s2)SC1=S. The number of thiocarbonyl (C=S) groups is 2. The Morgan fingerprint density at radius 2 is 0.750 bits per heavy atom. The van der Waals surface area contributed by atoms with Crippen LogP contribution in [0.15, 0.2) is 107 Å². The van der Waals surface area contributed by atoms with Crippen LogP contribution in [0, 0.1) is 0 Å². The monoisotopic (exact) mass is 1130 g/mol. The lowest BCUT2D eigenvalue weighted by molar-refractivity contribution is -0.122. The van der Waals surface area contributed by atoms with E-state index in [9.17, 15) is 9.59 Å². The third-order valence-corrected chi connectivity index (χ3v) is 27.4. The number of fused-ring (bicyclic) bond motifs is 6. The molecule has 0 saturated carbocycles. The average molecular weight is 1130 g/mol. The van der Waals surface area contributed by atoms with Crippen LogP contribution in [-0.4, -0.2) is 62.4 Å². The van der Waals surface area contributed by atoms with Gasteiger partial charge in [0.25, 0.3) is 11.8 Å². The van der Waals surface area contributed by atoms with Crippen molar-refractivity contribution in [2.24, 2.45) is 0 Å². The van der Waals surface area contributed by atoms with Crippen LogP contribution >= 0.6 is 139 Å². The number of likely N-dealkylation sites (N-methyl/N-ethyl adjacent to an activating group) is 2. The lowest BCUT2D eigenvalue weighted by Gasteiger charge is -2.09. The van der Waals surface area contributed by atoms with Crippen LogP contribution in [0.1, 0.15) is 23.6 Å². The van der Waals surface area contributed by atoms with Gasteiger partial charge in [-0.1, -0.05) is 60.1 Å². The topological polar surface area (TPSA) is 40.6 Å². The Hall–Kier alpha value is -3.45. The highest BCUT2D eigenvalue weighted by atomic mass is 32.2. The molecule has 0 atom stereocenters. The maximum atomic E-state index is 12.8. The molecule has 18 heteroatoms. The summed E-state index contributed by atoms with van der Waals surface area (Å²) in [6, 6.07) is 36.6. The van der Waals surface area contributed by atoms with Crippen LogP contribution in [0.2, 0.25) is 0 Å². The van der Waals surface area contributed by atoms with Crippen LogP contribution < -0.4 is 20.7 Å². The molecule has 0 unspecified atom stereocenters. The molecule has 12 heterocycles. The van der Waals surface area contributed by atoms with E-state index in [1.54, 1.807) is 32.5 Å². The molecule has 9 aromatic rings. The second-order valence-corrected chi connectivity index (χ2v) is 30.5. The Morgan fingerprint density at radius 1 is 0.426 bits per heavy atom. The molecular formula is C50H28N2O2S12Si2. The first-order valence-corrected chi connectivity index (χ1v) is 32.2. The predicted octanol–water partition coefficient (Wildman–Crippen LogP) is 13.9. The van der Waals surface area contributed by atoms with Crippen molar-refractivity contribution in [2.45, 2.75) is 13.8 Å². The van der Waals surface area contributed by atoms with Crippen molar-refractivity contribution in [3.63, 3.8) is 0 Å². The minimum absolute atomic E-state index is 0.00531. The third-order valence-electron chi connectivity index (χ3n) is 11.7. The molecular weight excluding hydrogens is 1100 g/mol. The van der Waals surface area contributed by atoms with E-state index < -0.39 is 0 Å². The van der Waals surface area contributed by atoms with Gasteiger partial charge in [0.1, 0.15) is 27.7 Å². The zero-order valence-corrected chi connectivity index (χ0v) is 47.2. The maximum Gasteiger partial charge on any atom is 0.266 e. The number of carbonyl (C=O) groups excluding carboxylic acids is 2. The second kappa shape index (κ2) is 17.7. The highest BCUT2D eigenvalue weighted by Gasteiger charge is 2.33. The number of amides is 2. The zero-order valence-electron chi connectivity index (χ0n) is 35.4. The second-order valence-electron chi connectivity index (χ2n) is 15.8. The predicted molar refractivity (Wildman–Crippen MR) is 314 cm³/mol. The van der Waals surface area contributed by atoms with Crippen LogP contribution in [-0.2, 0) is 9.59 Å². The summed E-state index contributed by atoms with van der Waals surface area (Å²) in [5.41, 5.74) is 2.88. The number of hydrogen-bond donors (Lipinski definition) is 0. The highest BCUT2D eigenvalue weighted by Crippen LogP contribution is 2.47. The summed E-state index contributed by atoms with van der Waals surface area (Å²) in [6.45, 7) is 5.11. The fourth-order valence-corrected chi connectivity index (χ4v) is 23.6. The van der Waals surface area contributed by atoms with Crippen LogP contribution in [0.3, 0.4) is 0 Å². The number of benzene rings is 1. The molecule has 4 radical (unpaired) electrons. The van der Waals surface area contributed by atoms with Crippen molar-refractivity contribution in [3.05, 3.63) is 117 Å². The Morgan fingerprint density at radius 3 is 1.09 bits per heavy atom. The van der Waals surface area contributed by atoms with Gasteiger partial charge >= 0.3 is 0 Å². The number of rotatable bonds is 10. The van der Waals surface area contributed by atoms with E-state index in [1.165, 1.54) is 124 Å².